The van der Waals surface area contributed by atoms with E-state index in [-0.39, 0.29) is 65.1 Å². The van der Waals surface area contributed by atoms with Crippen LogP contribution in [0.5, 0.6) is 5.75 Å². The lowest BCUT2D eigenvalue weighted by Gasteiger charge is -2.28. The molecule has 2 atom stereocenters. The van der Waals surface area contributed by atoms with Gasteiger partial charge < -0.3 is 24.6 Å². The number of benzene rings is 1. The third-order valence-corrected chi connectivity index (χ3v) is 7.82. The predicted molar refractivity (Wildman–Crippen MR) is 163 cm³/mol. The van der Waals surface area contributed by atoms with E-state index >= 15 is 0 Å². The van der Waals surface area contributed by atoms with Crippen LogP contribution in [0.3, 0.4) is 0 Å². The van der Waals surface area contributed by atoms with Crippen LogP contribution in [0.1, 0.15) is 25.8 Å². The first-order valence-corrected chi connectivity index (χ1v) is 14.1. The molecule has 4 aromatic heterocycles. The van der Waals surface area contributed by atoms with E-state index < -0.39 is 6.98 Å². The molecule has 12 heteroatoms. The standard InChI is InChI=1S/C31H33N9O3/c1-19-14-23(19)31(41)33-26-15-24-25(29-34-27-9-6-21(18-40(27)37-29)39-10-12-43-13-11-39)16-32-30(28(24)36-35-26)38(2)17-20-4-7-22(42-3)8-5-20/h4-9,15-16,18-19,23H,10-14,17H2,1-3H3,(H,33,35,41)/t19-,23+/m1/s1/i2D3,9D,18D. The largest absolute Gasteiger partial charge is 0.497 e. The molecule has 1 aliphatic carbocycles. The van der Waals surface area contributed by atoms with Crippen LogP contribution in [0.4, 0.5) is 17.3 Å². The molecule has 7 rings (SSSR count). The van der Waals surface area contributed by atoms with Crippen molar-refractivity contribution < 1.29 is 21.1 Å². The first-order chi connectivity index (χ1) is 23.0. The SMILES string of the molecule is [2H]c1cc(N2CCOCC2)c([2H])n2nc(-c3cnc(N(Cc4ccc(OC)cc4)C([2H])([2H])[2H])c4nnc(NC(=O)[C@H]5C[C@H]5C)cc34)nc12. The van der Waals surface area contributed by atoms with Gasteiger partial charge in [-0.05, 0) is 48.2 Å². The van der Waals surface area contributed by atoms with Gasteiger partial charge in [0.25, 0.3) is 0 Å². The van der Waals surface area contributed by atoms with Crippen LogP contribution in [0.15, 0.2) is 54.8 Å². The summed E-state index contributed by atoms with van der Waals surface area (Å²) in [6.07, 6.45) is 2.30. The van der Waals surface area contributed by atoms with Crippen molar-refractivity contribution in [1.29, 1.82) is 0 Å². The molecule has 1 aliphatic heterocycles. The van der Waals surface area contributed by atoms with Crippen molar-refractivity contribution in [3.63, 3.8) is 0 Å². The third kappa shape index (κ3) is 5.41. The fraction of sp³-hybridized carbons (Fsp3) is 0.355. The van der Waals surface area contributed by atoms with E-state index in [4.69, 9.17) is 16.3 Å². The highest BCUT2D eigenvalue weighted by Crippen LogP contribution is 2.39. The van der Waals surface area contributed by atoms with Crippen LogP contribution in [-0.4, -0.2) is 76.1 Å². The molecule has 0 radical (unpaired) electrons. The summed E-state index contributed by atoms with van der Waals surface area (Å²) in [6.45, 7) is 1.55. The lowest BCUT2D eigenvalue weighted by molar-refractivity contribution is -0.117. The van der Waals surface area contributed by atoms with Gasteiger partial charge in [-0.25, -0.2) is 14.5 Å². The Hall–Kier alpha value is -4.84. The lowest BCUT2D eigenvalue weighted by atomic mass is 10.1. The van der Waals surface area contributed by atoms with Gasteiger partial charge in [0.05, 0.1) is 34.9 Å². The monoisotopic (exact) mass is 584 g/mol. The fourth-order valence-corrected chi connectivity index (χ4v) is 5.19. The zero-order valence-electron chi connectivity index (χ0n) is 28.7. The number of amides is 1. The van der Waals surface area contributed by atoms with Crippen LogP contribution < -0.4 is 19.9 Å². The van der Waals surface area contributed by atoms with Crippen LogP contribution in [-0.2, 0) is 16.1 Å². The fourth-order valence-electron chi connectivity index (χ4n) is 5.19. The molecule has 0 bridgehead atoms. The number of hydrogen-bond donors (Lipinski definition) is 1. The number of nitrogens with one attached hydrogen (secondary N) is 1. The Kier molecular flexibility index (Phi) is 5.63. The maximum Gasteiger partial charge on any atom is 0.228 e. The summed E-state index contributed by atoms with van der Waals surface area (Å²) in [5, 5.41) is 16.5. The molecule has 43 heavy (non-hydrogen) atoms. The molecule has 220 valence electrons. The average molecular weight is 585 g/mol. The Morgan fingerprint density at radius 2 is 2.05 bits per heavy atom. The van der Waals surface area contributed by atoms with Gasteiger partial charge in [-0.1, -0.05) is 19.1 Å². The molecule has 1 saturated heterocycles. The van der Waals surface area contributed by atoms with Crippen molar-refractivity contribution in [3.05, 3.63) is 60.4 Å². The maximum atomic E-state index is 12.8. The molecule has 1 saturated carbocycles. The van der Waals surface area contributed by atoms with Crippen molar-refractivity contribution in [3.8, 4) is 17.1 Å². The van der Waals surface area contributed by atoms with Crippen LogP contribution in [0, 0.1) is 11.8 Å². The van der Waals surface area contributed by atoms with E-state index in [0.29, 0.717) is 54.3 Å². The minimum Gasteiger partial charge on any atom is -0.497 e. The zero-order chi connectivity index (χ0) is 33.7. The normalized spacial score (nSPS) is 20.1. The lowest BCUT2D eigenvalue weighted by Crippen LogP contribution is -2.36. The summed E-state index contributed by atoms with van der Waals surface area (Å²) in [7, 11) is 1.55. The summed E-state index contributed by atoms with van der Waals surface area (Å²) >= 11 is 0. The maximum absolute atomic E-state index is 12.8. The quantitative estimate of drug-likeness (QED) is 0.288. The number of aromatic nitrogens is 6. The summed E-state index contributed by atoms with van der Waals surface area (Å²) in [5.74, 6) is 1.01. The van der Waals surface area contributed by atoms with Crippen molar-refractivity contribution in [1.82, 2.24) is 29.8 Å². The molecular weight excluding hydrogens is 546 g/mol. The second-order valence-electron chi connectivity index (χ2n) is 10.8. The van der Waals surface area contributed by atoms with E-state index in [9.17, 15) is 4.79 Å². The van der Waals surface area contributed by atoms with Gasteiger partial charge in [0, 0.05) is 53.8 Å². The van der Waals surface area contributed by atoms with Gasteiger partial charge >= 0.3 is 0 Å². The van der Waals surface area contributed by atoms with Gasteiger partial charge in [0.2, 0.25) is 5.91 Å². The van der Waals surface area contributed by atoms with Crippen molar-refractivity contribution in [2.45, 2.75) is 19.9 Å². The van der Waals surface area contributed by atoms with Crippen molar-refractivity contribution >= 4 is 39.8 Å². The van der Waals surface area contributed by atoms with E-state index in [1.165, 1.54) is 10.7 Å². The molecule has 5 aromatic rings. The molecule has 0 unspecified atom stereocenters. The number of nitrogens with zero attached hydrogens (tertiary/aromatic N) is 8. The van der Waals surface area contributed by atoms with Crippen LogP contribution >= 0.6 is 0 Å². The zero-order valence-corrected chi connectivity index (χ0v) is 23.7. The van der Waals surface area contributed by atoms with Crippen LogP contribution in [0.2, 0.25) is 0 Å². The van der Waals surface area contributed by atoms with E-state index in [1.807, 2.05) is 11.8 Å². The minimum absolute atomic E-state index is 0.0248. The van der Waals surface area contributed by atoms with Crippen molar-refractivity contribution in [2.24, 2.45) is 11.8 Å². The Morgan fingerprint density at radius 1 is 1.23 bits per heavy atom. The van der Waals surface area contributed by atoms with Gasteiger partial charge in [0.1, 0.15) is 11.3 Å². The molecule has 2 aliphatic rings. The molecule has 5 heterocycles. The molecule has 1 amide bonds. The Balaban J connectivity index is 1.36. The van der Waals surface area contributed by atoms with E-state index in [2.05, 4.69) is 30.6 Å². The third-order valence-electron chi connectivity index (χ3n) is 7.82. The number of hydrogen-bond acceptors (Lipinski definition) is 10. The van der Waals surface area contributed by atoms with E-state index in [0.717, 1.165) is 11.3 Å². The summed E-state index contributed by atoms with van der Waals surface area (Å²) in [6, 6.07) is 10.3. The Morgan fingerprint density at radius 3 is 2.79 bits per heavy atom. The highest BCUT2D eigenvalue weighted by Gasteiger charge is 2.39. The van der Waals surface area contributed by atoms with Crippen molar-refractivity contribution in [2.75, 3.05) is 55.5 Å². The first-order valence-electron chi connectivity index (χ1n) is 16.6. The minimum atomic E-state index is -2.62. The average Bonchev–Trinajstić information content (AvgIpc) is 3.64. The number of anilines is 3. The molecular formula is C31H33N9O3. The van der Waals surface area contributed by atoms with Gasteiger partial charge in [-0.2, -0.15) is 0 Å². The number of ether oxygens (including phenoxy) is 2. The highest BCUT2D eigenvalue weighted by atomic mass is 16.5. The molecule has 2 fully saturated rings. The molecule has 12 nitrogen and oxygen atoms in total. The smallest absolute Gasteiger partial charge is 0.228 e. The summed E-state index contributed by atoms with van der Waals surface area (Å²) in [4.78, 5) is 25.2. The van der Waals surface area contributed by atoms with E-state index in [1.54, 1.807) is 43.5 Å². The number of pyridine rings is 2. The second kappa shape index (κ2) is 11.1. The number of morpholine rings is 1. The topological polar surface area (TPSA) is 123 Å². The summed E-state index contributed by atoms with van der Waals surface area (Å²) in [5.41, 5.74) is 1.93. The van der Waals surface area contributed by atoms with Gasteiger partial charge in [0.15, 0.2) is 23.1 Å². The Labute approximate surface area is 255 Å². The van der Waals surface area contributed by atoms with Gasteiger partial charge in [-0.15, -0.1) is 15.3 Å². The number of carbonyl (C=O) groups excluding carboxylic acids is 1. The molecule has 1 N–H and O–H groups in total. The molecule has 1 aromatic carbocycles. The number of methoxy groups -OCH3 is 1. The Bertz CT molecular complexity index is 2020. The second-order valence-corrected chi connectivity index (χ2v) is 10.8. The first kappa shape index (κ1) is 21.8. The number of fused-ring (bicyclic) bond motifs is 2. The number of carbonyl (C=O) groups is 1. The highest BCUT2D eigenvalue weighted by molar-refractivity contribution is 6.01. The van der Waals surface area contributed by atoms with Crippen LogP contribution in [0.25, 0.3) is 27.9 Å². The van der Waals surface area contributed by atoms with Gasteiger partial charge in [-0.3, -0.25) is 4.79 Å². The number of rotatable bonds is 8. The predicted octanol–water partition coefficient (Wildman–Crippen LogP) is 3.81. The summed E-state index contributed by atoms with van der Waals surface area (Å²) < 4.78 is 54.8. The molecule has 0 spiro atoms.